The quantitative estimate of drug-likeness (QED) is 0.651. The molecule has 0 saturated carbocycles. The van der Waals surface area contributed by atoms with E-state index in [1.165, 1.54) is 0 Å². The maximum absolute atomic E-state index is 12.3. The van der Waals surface area contributed by atoms with Crippen LogP contribution in [0.25, 0.3) is 0 Å². The minimum atomic E-state index is -1.05. The Bertz CT molecular complexity index is 756. The van der Waals surface area contributed by atoms with E-state index in [-0.39, 0.29) is 0 Å². The molecule has 0 bridgehead atoms. The smallest absolute Gasteiger partial charge is 0.288 e. The lowest BCUT2D eigenvalue weighted by atomic mass is 9.95. The lowest BCUT2D eigenvalue weighted by Crippen LogP contribution is -2.37. The molecule has 0 unspecified atom stereocenters. The number of anilines is 1. The van der Waals surface area contributed by atoms with E-state index in [2.05, 4.69) is 10.6 Å². The third-order valence-electron chi connectivity index (χ3n) is 3.82. The molecule has 3 rings (SSSR count). The normalized spacial score (nSPS) is 15.7. The van der Waals surface area contributed by atoms with Gasteiger partial charge in [0.2, 0.25) is 11.7 Å². The summed E-state index contributed by atoms with van der Waals surface area (Å²) in [5.41, 5.74) is 2.22. The zero-order valence-corrected chi connectivity index (χ0v) is 12.4. The van der Waals surface area contributed by atoms with Crippen LogP contribution in [0.2, 0.25) is 0 Å². The molecule has 2 N–H and O–H groups in total. The number of para-hydroxylation sites is 1. The van der Waals surface area contributed by atoms with Crippen LogP contribution in [-0.2, 0) is 20.8 Å². The summed E-state index contributed by atoms with van der Waals surface area (Å²) in [4.78, 5) is 36.3. The second kappa shape index (κ2) is 6.44. The molecular formula is C18H16N2O3. The Hall–Kier alpha value is -2.95. The summed E-state index contributed by atoms with van der Waals surface area (Å²) < 4.78 is 0. The summed E-state index contributed by atoms with van der Waals surface area (Å²) in [7, 11) is 0. The van der Waals surface area contributed by atoms with Crippen LogP contribution in [0.3, 0.4) is 0 Å². The van der Waals surface area contributed by atoms with Crippen molar-refractivity contribution < 1.29 is 14.4 Å². The number of Topliss-reactive ketones (excluding diaryl/α,β-unsaturated/α-hetero) is 1. The first-order valence-electron chi connectivity index (χ1n) is 7.42. The van der Waals surface area contributed by atoms with E-state index in [0.717, 1.165) is 5.56 Å². The van der Waals surface area contributed by atoms with E-state index in [9.17, 15) is 14.4 Å². The van der Waals surface area contributed by atoms with Gasteiger partial charge in [-0.1, -0.05) is 48.5 Å². The predicted octanol–water partition coefficient (Wildman–Crippen LogP) is 1.65. The van der Waals surface area contributed by atoms with Gasteiger partial charge < -0.3 is 10.6 Å². The number of benzene rings is 2. The summed E-state index contributed by atoms with van der Waals surface area (Å²) in [5.74, 6) is -2.95. The molecule has 0 spiro atoms. The Morgan fingerprint density at radius 3 is 2.48 bits per heavy atom. The second-order valence-corrected chi connectivity index (χ2v) is 5.37. The first kappa shape index (κ1) is 15.0. The fourth-order valence-corrected chi connectivity index (χ4v) is 2.65. The van der Waals surface area contributed by atoms with E-state index >= 15 is 0 Å². The number of hydrogen-bond acceptors (Lipinski definition) is 3. The van der Waals surface area contributed by atoms with Crippen LogP contribution in [0, 0.1) is 0 Å². The van der Waals surface area contributed by atoms with Crippen LogP contribution in [0.4, 0.5) is 5.69 Å². The predicted molar refractivity (Wildman–Crippen MR) is 86.0 cm³/mol. The van der Waals surface area contributed by atoms with E-state index in [1.807, 2.05) is 30.3 Å². The van der Waals surface area contributed by atoms with Crippen molar-refractivity contribution in [3.05, 3.63) is 65.7 Å². The van der Waals surface area contributed by atoms with E-state index in [4.69, 9.17) is 0 Å². The molecule has 0 aromatic heterocycles. The van der Waals surface area contributed by atoms with E-state index in [1.54, 1.807) is 24.3 Å². The Morgan fingerprint density at radius 2 is 1.70 bits per heavy atom. The Labute approximate surface area is 133 Å². The molecule has 0 aliphatic carbocycles. The van der Waals surface area contributed by atoms with E-state index in [0.29, 0.717) is 24.2 Å². The molecule has 1 heterocycles. The number of ketones is 1. The number of fused-ring (bicyclic) bond motifs is 1. The van der Waals surface area contributed by atoms with Crippen molar-refractivity contribution in [2.24, 2.45) is 0 Å². The summed E-state index contributed by atoms with van der Waals surface area (Å²) in [5, 5.41) is 5.22. The summed E-state index contributed by atoms with van der Waals surface area (Å²) in [6, 6.07) is 16.6. The Morgan fingerprint density at radius 1 is 1.00 bits per heavy atom. The highest BCUT2D eigenvalue weighted by atomic mass is 16.2. The number of rotatable bonds is 5. The molecule has 1 aliphatic heterocycles. The van der Waals surface area contributed by atoms with E-state index < -0.39 is 23.5 Å². The SMILES string of the molecule is O=C(NCCc1ccccc1)C(=O)[C@@H]1C(=O)Nc2ccccc21. The summed E-state index contributed by atoms with van der Waals surface area (Å²) in [6.45, 7) is 0.352. The molecule has 5 nitrogen and oxygen atoms in total. The van der Waals surface area contributed by atoms with Gasteiger partial charge >= 0.3 is 0 Å². The number of hydrogen-bond donors (Lipinski definition) is 2. The monoisotopic (exact) mass is 308 g/mol. The van der Waals surface area contributed by atoms with Gasteiger partial charge in [0.05, 0.1) is 0 Å². The highest BCUT2D eigenvalue weighted by Crippen LogP contribution is 2.32. The van der Waals surface area contributed by atoms with Crippen molar-refractivity contribution in [1.29, 1.82) is 0 Å². The minimum absolute atomic E-state index is 0.352. The lowest BCUT2D eigenvalue weighted by molar-refractivity contribution is -0.140. The van der Waals surface area contributed by atoms with Gasteiger partial charge in [-0.2, -0.15) is 0 Å². The lowest BCUT2D eigenvalue weighted by Gasteiger charge is -2.08. The molecule has 0 fully saturated rings. The molecule has 1 aliphatic rings. The van der Waals surface area contributed by atoms with Gasteiger partial charge in [0, 0.05) is 12.2 Å². The second-order valence-electron chi connectivity index (χ2n) is 5.37. The zero-order valence-electron chi connectivity index (χ0n) is 12.4. The molecular weight excluding hydrogens is 292 g/mol. The third kappa shape index (κ3) is 3.13. The van der Waals surface area contributed by atoms with Crippen molar-refractivity contribution in [2.45, 2.75) is 12.3 Å². The molecule has 5 heteroatoms. The van der Waals surface area contributed by atoms with Crippen LogP contribution >= 0.6 is 0 Å². The van der Waals surface area contributed by atoms with Gasteiger partial charge in [0.1, 0.15) is 5.92 Å². The van der Waals surface area contributed by atoms with Crippen LogP contribution < -0.4 is 10.6 Å². The zero-order chi connectivity index (χ0) is 16.2. The van der Waals surface area contributed by atoms with Gasteiger partial charge in [-0.25, -0.2) is 0 Å². The van der Waals surface area contributed by atoms with Crippen molar-refractivity contribution in [3.8, 4) is 0 Å². The van der Waals surface area contributed by atoms with Gasteiger partial charge in [-0.3, -0.25) is 14.4 Å². The Balaban J connectivity index is 1.62. The van der Waals surface area contributed by atoms with Crippen LogP contribution in [0.1, 0.15) is 17.0 Å². The number of carbonyl (C=O) groups excluding carboxylic acids is 3. The maximum Gasteiger partial charge on any atom is 0.288 e. The highest BCUT2D eigenvalue weighted by Gasteiger charge is 2.39. The maximum atomic E-state index is 12.3. The molecule has 0 saturated heterocycles. The first-order chi connectivity index (χ1) is 11.2. The molecule has 2 aromatic rings. The minimum Gasteiger partial charge on any atom is -0.349 e. The number of amides is 2. The van der Waals surface area contributed by atoms with Crippen molar-refractivity contribution >= 4 is 23.3 Å². The number of carbonyl (C=O) groups is 3. The fraction of sp³-hybridized carbons (Fsp3) is 0.167. The molecule has 23 heavy (non-hydrogen) atoms. The summed E-state index contributed by atoms with van der Waals surface area (Å²) >= 11 is 0. The average Bonchev–Trinajstić information content (AvgIpc) is 2.90. The highest BCUT2D eigenvalue weighted by molar-refractivity contribution is 6.44. The van der Waals surface area contributed by atoms with Gasteiger partial charge in [-0.05, 0) is 23.6 Å². The van der Waals surface area contributed by atoms with Crippen LogP contribution in [0.5, 0.6) is 0 Å². The molecule has 2 aromatic carbocycles. The molecule has 2 amide bonds. The Kier molecular flexibility index (Phi) is 4.19. The van der Waals surface area contributed by atoms with Crippen LogP contribution in [-0.4, -0.2) is 24.1 Å². The third-order valence-corrected chi connectivity index (χ3v) is 3.82. The molecule has 1 atom stereocenters. The van der Waals surface area contributed by atoms with Gasteiger partial charge in [0.15, 0.2) is 0 Å². The van der Waals surface area contributed by atoms with Crippen molar-refractivity contribution in [3.63, 3.8) is 0 Å². The van der Waals surface area contributed by atoms with Crippen LogP contribution in [0.15, 0.2) is 54.6 Å². The number of nitrogens with one attached hydrogen (secondary N) is 2. The molecule has 0 radical (unpaired) electrons. The first-order valence-corrected chi connectivity index (χ1v) is 7.42. The van der Waals surface area contributed by atoms with Crippen molar-refractivity contribution in [2.75, 3.05) is 11.9 Å². The molecule has 116 valence electrons. The topological polar surface area (TPSA) is 75.3 Å². The van der Waals surface area contributed by atoms with Gasteiger partial charge in [0.25, 0.3) is 5.91 Å². The largest absolute Gasteiger partial charge is 0.349 e. The average molecular weight is 308 g/mol. The van der Waals surface area contributed by atoms with Crippen molar-refractivity contribution in [1.82, 2.24) is 5.32 Å². The standard InChI is InChI=1S/C18H16N2O3/c21-16(15-13-8-4-5-9-14(13)20-17(15)22)18(23)19-11-10-12-6-2-1-3-7-12/h1-9,15H,10-11H2,(H,19,23)(H,20,22)/t15-/m1/s1. The fourth-order valence-electron chi connectivity index (χ4n) is 2.65. The summed E-state index contributed by atoms with van der Waals surface area (Å²) in [6.07, 6.45) is 0.632. The van der Waals surface area contributed by atoms with Gasteiger partial charge in [-0.15, -0.1) is 0 Å².